The van der Waals surface area contributed by atoms with E-state index in [1.165, 1.54) is 64.3 Å². The first kappa shape index (κ1) is 13.4. The fraction of sp³-hybridized carbons (Fsp3) is 1.00. The minimum absolute atomic E-state index is 0.369. The number of likely N-dealkylation sites (tertiary alicyclic amines) is 1. The molecular weight excluding hydrogens is 210 g/mol. The van der Waals surface area contributed by atoms with Gasteiger partial charge in [-0.05, 0) is 51.0 Å². The molecule has 2 aliphatic rings. The molecule has 1 saturated heterocycles. The zero-order valence-electron chi connectivity index (χ0n) is 11.4. The van der Waals surface area contributed by atoms with Crippen molar-refractivity contribution in [1.82, 2.24) is 4.90 Å². The summed E-state index contributed by atoms with van der Waals surface area (Å²) in [5.74, 6) is 0.978. The lowest BCUT2D eigenvalue weighted by molar-refractivity contribution is 0.0582. The number of hydrogen-bond donors (Lipinski definition) is 1. The third-order valence-electron chi connectivity index (χ3n) is 5.00. The Bertz CT molecular complexity index is 211. The fourth-order valence-corrected chi connectivity index (χ4v) is 3.76. The standard InChI is InChI=1S/C15H29NO/c1-2-13-7-9-14(10-8-13)16-11-5-3-4-6-15(16)12-17/h13-15,17H,2-12H2,1H3. The SMILES string of the molecule is CCC1CCC(N2CCCCCC2CO)CC1. The van der Waals surface area contributed by atoms with E-state index in [0.717, 1.165) is 12.0 Å². The molecule has 0 amide bonds. The Morgan fingerprint density at radius 3 is 2.41 bits per heavy atom. The first-order chi connectivity index (χ1) is 8.35. The molecule has 0 aromatic carbocycles. The van der Waals surface area contributed by atoms with Crippen LogP contribution in [0, 0.1) is 5.92 Å². The fourth-order valence-electron chi connectivity index (χ4n) is 3.76. The minimum atomic E-state index is 0.369. The maximum atomic E-state index is 9.57. The van der Waals surface area contributed by atoms with E-state index in [-0.39, 0.29) is 0 Å². The molecule has 0 bridgehead atoms. The van der Waals surface area contributed by atoms with E-state index in [9.17, 15) is 5.11 Å². The second-order valence-electron chi connectivity index (χ2n) is 6.01. The normalized spacial score (nSPS) is 36.7. The highest BCUT2D eigenvalue weighted by Gasteiger charge is 2.30. The predicted molar refractivity (Wildman–Crippen MR) is 72.1 cm³/mol. The zero-order valence-corrected chi connectivity index (χ0v) is 11.4. The van der Waals surface area contributed by atoms with Gasteiger partial charge in [0.15, 0.2) is 0 Å². The van der Waals surface area contributed by atoms with Crippen LogP contribution in [0.2, 0.25) is 0 Å². The van der Waals surface area contributed by atoms with E-state index in [4.69, 9.17) is 0 Å². The van der Waals surface area contributed by atoms with E-state index >= 15 is 0 Å². The Morgan fingerprint density at radius 1 is 1.00 bits per heavy atom. The highest BCUT2D eigenvalue weighted by atomic mass is 16.3. The van der Waals surface area contributed by atoms with Crippen LogP contribution in [0.3, 0.4) is 0 Å². The molecule has 17 heavy (non-hydrogen) atoms. The third-order valence-corrected chi connectivity index (χ3v) is 5.00. The summed E-state index contributed by atoms with van der Waals surface area (Å²) in [4.78, 5) is 2.65. The summed E-state index contributed by atoms with van der Waals surface area (Å²) in [6.07, 6.45) is 12.1. The molecule has 1 atom stereocenters. The molecule has 1 unspecified atom stereocenters. The van der Waals surface area contributed by atoms with Gasteiger partial charge < -0.3 is 5.11 Å². The van der Waals surface area contributed by atoms with Crippen molar-refractivity contribution >= 4 is 0 Å². The molecule has 2 fully saturated rings. The molecule has 2 heteroatoms. The van der Waals surface area contributed by atoms with Crippen LogP contribution >= 0.6 is 0 Å². The summed E-state index contributed by atoms with van der Waals surface area (Å²) in [6, 6.07) is 1.23. The van der Waals surface area contributed by atoms with Crippen molar-refractivity contribution < 1.29 is 5.11 Å². The summed E-state index contributed by atoms with van der Waals surface area (Å²) in [5, 5.41) is 9.57. The second kappa shape index (κ2) is 6.75. The largest absolute Gasteiger partial charge is 0.395 e. The van der Waals surface area contributed by atoms with Crippen molar-refractivity contribution in [3.63, 3.8) is 0 Å². The van der Waals surface area contributed by atoms with Crippen molar-refractivity contribution in [1.29, 1.82) is 0 Å². The summed E-state index contributed by atoms with van der Waals surface area (Å²) in [6.45, 7) is 3.92. The smallest absolute Gasteiger partial charge is 0.0586 e. The monoisotopic (exact) mass is 239 g/mol. The van der Waals surface area contributed by atoms with Gasteiger partial charge in [-0.15, -0.1) is 0 Å². The molecule has 2 nitrogen and oxygen atoms in total. The van der Waals surface area contributed by atoms with Crippen molar-refractivity contribution in [2.45, 2.75) is 76.8 Å². The number of aliphatic hydroxyl groups is 1. The maximum absolute atomic E-state index is 9.57. The summed E-state index contributed by atoms with van der Waals surface area (Å²) in [7, 11) is 0. The highest BCUT2D eigenvalue weighted by Crippen LogP contribution is 2.32. The Kier molecular flexibility index (Phi) is 5.30. The molecule has 1 N–H and O–H groups in total. The first-order valence-electron chi connectivity index (χ1n) is 7.71. The van der Waals surface area contributed by atoms with Gasteiger partial charge in [0.2, 0.25) is 0 Å². The molecule has 1 aliphatic carbocycles. The number of rotatable bonds is 3. The lowest BCUT2D eigenvalue weighted by atomic mass is 9.83. The van der Waals surface area contributed by atoms with Crippen LogP contribution in [-0.4, -0.2) is 35.2 Å². The topological polar surface area (TPSA) is 23.5 Å². The lowest BCUT2D eigenvalue weighted by Gasteiger charge is -2.40. The molecular formula is C15H29NO. The molecule has 0 spiro atoms. The molecule has 0 aromatic heterocycles. The van der Waals surface area contributed by atoms with E-state index in [0.29, 0.717) is 12.6 Å². The quantitative estimate of drug-likeness (QED) is 0.817. The zero-order chi connectivity index (χ0) is 12.1. The van der Waals surface area contributed by atoms with Crippen molar-refractivity contribution in [2.75, 3.05) is 13.2 Å². The molecule has 1 saturated carbocycles. The van der Waals surface area contributed by atoms with Gasteiger partial charge in [0.05, 0.1) is 6.61 Å². The summed E-state index contributed by atoms with van der Waals surface area (Å²) in [5.41, 5.74) is 0. The average Bonchev–Trinajstić information content (AvgIpc) is 2.64. The molecule has 0 radical (unpaired) electrons. The Labute approximate surface area is 106 Å². The number of nitrogens with zero attached hydrogens (tertiary/aromatic N) is 1. The highest BCUT2D eigenvalue weighted by molar-refractivity contribution is 4.85. The Hall–Kier alpha value is -0.0800. The molecule has 1 aliphatic heterocycles. The lowest BCUT2D eigenvalue weighted by Crippen LogP contribution is -2.46. The van der Waals surface area contributed by atoms with Gasteiger partial charge in [-0.1, -0.05) is 26.2 Å². The van der Waals surface area contributed by atoms with Crippen LogP contribution < -0.4 is 0 Å². The molecule has 2 rings (SSSR count). The average molecular weight is 239 g/mol. The van der Waals surface area contributed by atoms with Gasteiger partial charge in [-0.25, -0.2) is 0 Å². The van der Waals surface area contributed by atoms with Gasteiger partial charge in [0.25, 0.3) is 0 Å². The second-order valence-corrected chi connectivity index (χ2v) is 6.01. The van der Waals surface area contributed by atoms with Gasteiger partial charge >= 0.3 is 0 Å². The van der Waals surface area contributed by atoms with E-state index < -0.39 is 0 Å². The van der Waals surface area contributed by atoms with E-state index in [1.54, 1.807) is 0 Å². The predicted octanol–water partition coefficient (Wildman–Crippen LogP) is 3.19. The van der Waals surface area contributed by atoms with Crippen LogP contribution in [0.5, 0.6) is 0 Å². The van der Waals surface area contributed by atoms with Crippen molar-refractivity contribution in [3.05, 3.63) is 0 Å². The van der Waals surface area contributed by atoms with Gasteiger partial charge in [0, 0.05) is 12.1 Å². The van der Waals surface area contributed by atoms with Gasteiger partial charge in [0.1, 0.15) is 0 Å². The summed E-state index contributed by atoms with van der Waals surface area (Å²) < 4.78 is 0. The van der Waals surface area contributed by atoms with Crippen molar-refractivity contribution in [2.24, 2.45) is 5.92 Å². The number of hydrogen-bond acceptors (Lipinski definition) is 2. The van der Waals surface area contributed by atoms with Crippen LogP contribution in [0.1, 0.15) is 64.7 Å². The van der Waals surface area contributed by atoms with Crippen LogP contribution in [0.4, 0.5) is 0 Å². The molecule has 0 aromatic rings. The maximum Gasteiger partial charge on any atom is 0.0586 e. The Morgan fingerprint density at radius 2 is 1.76 bits per heavy atom. The van der Waals surface area contributed by atoms with Gasteiger partial charge in [-0.2, -0.15) is 0 Å². The van der Waals surface area contributed by atoms with Crippen molar-refractivity contribution in [3.8, 4) is 0 Å². The van der Waals surface area contributed by atoms with E-state index in [2.05, 4.69) is 11.8 Å². The molecule has 1 heterocycles. The third kappa shape index (κ3) is 3.45. The van der Waals surface area contributed by atoms with Crippen LogP contribution in [-0.2, 0) is 0 Å². The summed E-state index contributed by atoms with van der Waals surface area (Å²) >= 11 is 0. The Balaban J connectivity index is 1.90. The van der Waals surface area contributed by atoms with Crippen LogP contribution in [0.25, 0.3) is 0 Å². The van der Waals surface area contributed by atoms with Crippen LogP contribution in [0.15, 0.2) is 0 Å². The molecule has 100 valence electrons. The first-order valence-corrected chi connectivity index (χ1v) is 7.71. The minimum Gasteiger partial charge on any atom is -0.395 e. The number of aliphatic hydroxyl groups excluding tert-OH is 1. The van der Waals surface area contributed by atoms with Gasteiger partial charge in [-0.3, -0.25) is 4.90 Å². The van der Waals surface area contributed by atoms with E-state index in [1.807, 2.05) is 0 Å².